The van der Waals surface area contributed by atoms with Gasteiger partial charge in [-0.2, -0.15) is 0 Å². The Kier molecular flexibility index (Phi) is 5.25. The van der Waals surface area contributed by atoms with Gasteiger partial charge in [0.2, 0.25) is 0 Å². The van der Waals surface area contributed by atoms with Crippen LogP contribution in [0.25, 0.3) is 0 Å². The van der Waals surface area contributed by atoms with Crippen LogP contribution in [0.1, 0.15) is 60.2 Å². The Balaban J connectivity index is 2.25. The van der Waals surface area contributed by atoms with Gasteiger partial charge >= 0.3 is 0 Å². The highest BCUT2D eigenvalue weighted by Gasteiger charge is 2.38. The van der Waals surface area contributed by atoms with Crippen LogP contribution in [-0.2, 0) is 0 Å². The average molecular weight is 350 g/mol. The highest BCUT2D eigenvalue weighted by molar-refractivity contribution is 9.10. The lowest BCUT2D eigenvalue weighted by molar-refractivity contribution is 0.0624. The normalized spacial score (nSPS) is 15.5. The van der Waals surface area contributed by atoms with Gasteiger partial charge in [0.25, 0.3) is 11.8 Å². The summed E-state index contributed by atoms with van der Waals surface area (Å²) in [6, 6.07) is 3.73. The molecular weight excluding hydrogens is 329 g/mol. The molecule has 112 valence electrons. The minimum Gasteiger partial charge on any atom is -0.274 e. The first kappa shape index (κ1) is 16.3. The quantitative estimate of drug-likeness (QED) is 0.584. The molecule has 2 rings (SSSR count). The third kappa shape index (κ3) is 3.08. The van der Waals surface area contributed by atoms with Crippen molar-refractivity contribution in [3.8, 4) is 0 Å². The van der Waals surface area contributed by atoms with Gasteiger partial charge in [-0.15, -0.1) is 0 Å². The minimum absolute atomic E-state index is 0.135. The summed E-state index contributed by atoms with van der Waals surface area (Å²) in [6.07, 6.45) is 4.35. The lowest BCUT2D eigenvalue weighted by Gasteiger charge is -2.21. The van der Waals surface area contributed by atoms with Crippen LogP contribution in [0.4, 0.5) is 0 Å². The summed E-state index contributed by atoms with van der Waals surface area (Å²) in [5.41, 5.74) is 1.97. The first-order valence-electron chi connectivity index (χ1n) is 7.66. The van der Waals surface area contributed by atoms with Gasteiger partial charge in [0.15, 0.2) is 0 Å². The maximum Gasteiger partial charge on any atom is 0.262 e. The molecule has 1 aromatic rings. The van der Waals surface area contributed by atoms with Crippen molar-refractivity contribution in [2.75, 3.05) is 6.54 Å². The molecule has 0 bridgehead atoms. The number of halogens is 1. The number of rotatable bonds is 6. The van der Waals surface area contributed by atoms with E-state index in [4.69, 9.17) is 0 Å². The summed E-state index contributed by atoms with van der Waals surface area (Å²) in [5, 5.41) is 0. The third-order valence-electron chi connectivity index (χ3n) is 4.26. The molecule has 21 heavy (non-hydrogen) atoms. The number of unbranched alkanes of at least 4 members (excludes halogenated alkanes) is 1. The second kappa shape index (κ2) is 6.78. The third-order valence-corrected chi connectivity index (χ3v) is 4.93. The molecule has 0 aliphatic carbocycles. The maximum atomic E-state index is 12.6. The predicted octanol–water partition coefficient (Wildman–Crippen LogP) is 2.52. The van der Waals surface area contributed by atoms with E-state index in [1.165, 1.54) is 4.90 Å². The van der Waals surface area contributed by atoms with E-state index < -0.39 is 0 Å². The van der Waals surface area contributed by atoms with Crippen LogP contribution in [-0.4, -0.2) is 31.1 Å². The molecule has 0 saturated carbocycles. The number of fused-ring (bicyclic) bond motifs is 1. The summed E-state index contributed by atoms with van der Waals surface area (Å²) >= 11 is 3.40. The monoisotopic (exact) mass is 349 g/mol. The topological polar surface area (TPSA) is 37.4 Å². The molecule has 1 aromatic carbocycles. The summed E-state index contributed by atoms with van der Waals surface area (Å²) in [7, 11) is 1.88. The molecule has 3 nitrogen and oxygen atoms in total. The first-order valence-corrected chi connectivity index (χ1v) is 8.45. The molecular formula is C16H21BBrNO2. The molecule has 0 aromatic heterocycles. The fourth-order valence-electron chi connectivity index (χ4n) is 2.87. The van der Waals surface area contributed by atoms with E-state index in [2.05, 4.69) is 29.8 Å². The second-order valence-corrected chi connectivity index (χ2v) is 6.61. The number of imide groups is 1. The number of benzene rings is 1. The van der Waals surface area contributed by atoms with E-state index >= 15 is 0 Å². The Morgan fingerprint density at radius 3 is 2.43 bits per heavy atom. The van der Waals surface area contributed by atoms with Gasteiger partial charge in [0.05, 0.1) is 5.56 Å². The Morgan fingerprint density at radius 2 is 1.86 bits per heavy atom. The fourth-order valence-corrected chi connectivity index (χ4v) is 3.37. The van der Waals surface area contributed by atoms with Gasteiger partial charge in [0.1, 0.15) is 7.85 Å². The summed E-state index contributed by atoms with van der Waals surface area (Å²) in [4.78, 5) is 26.6. The SMILES string of the molecule is Bc1ccc(Br)c2c1C(=O)N(CC(CC)CCCC)C2=O. The number of carbonyl (C=O) groups excluding carboxylic acids is 2. The highest BCUT2D eigenvalue weighted by atomic mass is 79.9. The van der Waals surface area contributed by atoms with Gasteiger partial charge < -0.3 is 0 Å². The number of nitrogens with zero attached hydrogens (tertiary/aromatic N) is 1. The molecule has 2 amide bonds. The summed E-state index contributed by atoms with van der Waals surface area (Å²) < 4.78 is 0.713. The van der Waals surface area contributed by atoms with Crippen LogP contribution in [0, 0.1) is 5.92 Å². The van der Waals surface area contributed by atoms with Crippen molar-refractivity contribution in [3.05, 3.63) is 27.7 Å². The molecule has 5 heteroatoms. The minimum atomic E-state index is -0.152. The Hall–Kier alpha value is -1.10. The van der Waals surface area contributed by atoms with Gasteiger partial charge in [-0.3, -0.25) is 14.5 Å². The van der Waals surface area contributed by atoms with Crippen molar-refractivity contribution in [3.63, 3.8) is 0 Å². The van der Waals surface area contributed by atoms with Crippen molar-refractivity contribution in [1.29, 1.82) is 0 Å². The lowest BCUT2D eigenvalue weighted by Crippen LogP contribution is -2.35. The maximum absolute atomic E-state index is 12.6. The van der Waals surface area contributed by atoms with E-state index in [0.29, 0.717) is 28.1 Å². The molecule has 0 spiro atoms. The van der Waals surface area contributed by atoms with Crippen LogP contribution in [0.2, 0.25) is 0 Å². The zero-order valence-electron chi connectivity index (χ0n) is 12.9. The van der Waals surface area contributed by atoms with E-state index in [1.54, 1.807) is 0 Å². The Labute approximate surface area is 135 Å². The molecule has 1 aliphatic rings. The first-order chi connectivity index (χ1) is 10.0. The van der Waals surface area contributed by atoms with Gasteiger partial charge in [-0.25, -0.2) is 0 Å². The van der Waals surface area contributed by atoms with E-state index in [1.807, 2.05) is 20.0 Å². The second-order valence-electron chi connectivity index (χ2n) is 5.75. The van der Waals surface area contributed by atoms with Crippen LogP contribution in [0.3, 0.4) is 0 Å². The van der Waals surface area contributed by atoms with Crippen molar-refractivity contribution < 1.29 is 9.59 Å². The number of amides is 2. The average Bonchev–Trinajstić information content (AvgIpc) is 2.72. The van der Waals surface area contributed by atoms with Gasteiger partial charge in [0, 0.05) is 16.6 Å². The zero-order chi connectivity index (χ0) is 15.6. The van der Waals surface area contributed by atoms with Crippen molar-refractivity contribution in [2.45, 2.75) is 39.5 Å². The summed E-state index contributed by atoms with van der Waals surface area (Å²) in [5.74, 6) is 0.107. The van der Waals surface area contributed by atoms with Crippen molar-refractivity contribution in [2.24, 2.45) is 5.92 Å². The highest BCUT2D eigenvalue weighted by Crippen LogP contribution is 2.29. The number of carbonyl (C=O) groups is 2. The largest absolute Gasteiger partial charge is 0.274 e. The van der Waals surface area contributed by atoms with Crippen LogP contribution in [0.5, 0.6) is 0 Å². The molecule has 0 radical (unpaired) electrons. The van der Waals surface area contributed by atoms with E-state index in [9.17, 15) is 9.59 Å². The van der Waals surface area contributed by atoms with E-state index in [0.717, 1.165) is 31.1 Å². The summed E-state index contributed by atoms with van der Waals surface area (Å²) in [6.45, 7) is 4.82. The van der Waals surface area contributed by atoms with Gasteiger partial charge in [-0.05, 0) is 34.3 Å². The Bertz CT molecular complexity index is 533. The standard InChI is InChI=1S/C16H21BBrNO2/c1-3-5-6-10(4-2)9-19-15(20)13-11(17)7-8-12(18)14(13)16(19)21/h7-8,10H,3-6,9,17H2,1-2H3. The van der Waals surface area contributed by atoms with Gasteiger partial charge in [-0.1, -0.05) is 44.6 Å². The smallest absolute Gasteiger partial charge is 0.262 e. The van der Waals surface area contributed by atoms with E-state index in [-0.39, 0.29) is 11.8 Å². The van der Waals surface area contributed by atoms with Crippen molar-refractivity contribution in [1.82, 2.24) is 4.90 Å². The zero-order valence-corrected chi connectivity index (χ0v) is 14.5. The van der Waals surface area contributed by atoms with Crippen LogP contribution in [0.15, 0.2) is 16.6 Å². The number of hydrogen-bond donors (Lipinski definition) is 0. The van der Waals surface area contributed by atoms with Crippen molar-refractivity contribution >= 4 is 41.1 Å². The molecule has 1 unspecified atom stereocenters. The molecule has 1 heterocycles. The molecule has 0 fully saturated rings. The van der Waals surface area contributed by atoms with Crippen LogP contribution >= 0.6 is 15.9 Å². The lowest BCUT2D eigenvalue weighted by atomic mass is 9.88. The molecule has 1 aliphatic heterocycles. The number of hydrogen-bond acceptors (Lipinski definition) is 2. The Morgan fingerprint density at radius 1 is 1.19 bits per heavy atom. The molecule has 1 atom stereocenters. The molecule has 0 saturated heterocycles. The fraction of sp³-hybridized carbons (Fsp3) is 0.500. The van der Waals surface area contributed by atoms with Crippen LogP contribution < -0.4 is 5.46 Å². The predicted molar refractivity (Wildman–Crippen MR) is 91.0 cm³/mol. The molecule has 0 N–H and O–H groups in total.